The van der Waals surface area contributed by atoms with E-state index in [1.807, 2.05) is 53.8 Å². The summed E-state index contributed by atoms with van der Waals surface area (Å²) in [4.78, 5) is 18.4. The summed E-state index contributed by atoms with van der Waals surface area (Å²) in [6.07, 6.45) is 0. The maximum atomic E-state index is 11.7. The van der Waals surface area contributed by atoms with E-state index in [1.54, 1.807) is 0 Å². The Morgan fingerprint density at radius 2 is 2.19 bits per heavy atom. The van der Waals surface area contributed by atoms with Crippen LogP contribution in [0.4, 0.5) is 5.95 Å². The zero-order valence-electron chi connectivity index (χ0n) is 11.6. The van der Waals surface area contributed by atoms with E-state index < -0.39 is 0 Å². The van der Waals surface area contributed by atoms with Gasteiger partial charge in [0.15, 0.2) is 0 Å². The molecule has 112 valence electrons. The van der Waals surface area contributed by atoms with Crippen molar-refractivity contribution < 1.29 is 9.47 Å². The number of aromatic amines is 1. The van der Waals surface area contributed by atoms with Gasteiger partial charge in [0.05, 0.1) is 12.3 Å². The van der Waals surface area contributed by atoms with Crippen molar-refractivity contribution in [3.63, 3.8) is 0 Å². The molecule has 1 heterocycles. The molecule has 0 aliphatic rings. The predicted molar refractivity (Wildman–Crippen MR) is 89.4 cm³/mol. The first kappa shape index (κ1) is 15.8. The van der Waals surface area contributed by atoms with Crippen LogP contribution in [0.1, 0.15) is 6.92 Å². The number of rotatable bonds is 6. The van der Waals surface area contributed by atoms with Crippen LogP contribution in [0.25, 0.3) is 11.3 Å². The van der Waals surface area contributed by atoms with E-state index in [9.17, 15) is 4.79 Å². The molecule has 0 bridgehead atoms. The smallest absolute Gasteiger partial charge is 0.266 e. The summed E-state index contributed by atoms with van der Waals surface area (Å²) in [5, 5.41) is 0. The van der Waals surface area contributed by atoms with E-state index in [2.05, 4.69) is 9.97 Å². The number of nitrogens with zero attached hydrogens (tertiary/aromatic N) is 1. The van der Waals surface area contributed by atoms with Crippen molar-refractivity contribution in [1.82, 2.24) is 9.97 Å². The standard InChI is InChI=1S/C14H16IN3O3/c1-2-20-6-7-21-10-5-3-4-9(8-10)12-11(15)13(19)18-14(16)17-12/h3-5,8H,2,6-7H2,1H3,(H3,16,17,18,19). The molecule has 1 aromatic heterocycles. The van der Waals surface area contributed by atoms with Gasteiger partial charge in [0.1, 0.15) is 15.9 Å². The first-order valence-electron chi connectivity index (χ1n) is 6.48. The van der Waals surface area contributed by atoms with Crippen LogP contribution in [0.5, 0.6) is 5.75 Å². The fraction of sp³-hybridized carbons (Fsp3) is 0.286. The molecule has 0 aliphatic heterocycles. The minimum Gasteiger partial charge on any atom is -0.491 e. The van der Waals surface area contributed by atoms with Crippen molar-refractivity contribution in [2.24, 2.45) is 0 Å². The number of benzene rings is 1. The van der Waals surface area contributed by atoms with Crippen LogP contribution in [0.2, 0.25) is 0 Å². The molecule has 0 aliphatic carbocycles. The third-order valence-corrected chi connectivity index (χ3v) is 3.69. The lowest BCUT2D eigenvalue weighted by atomic mass is 10.1. The van der Waals surface area contributed by atoms with Crippen molar-refractivity contribution in [3.05, 3.63) is 38.2 Å². The lowest BCUT2D eigenvalue weighted by Crippen LogP contribution is -2.15. The van der Waals surface area contributed by atoms with E-state index in [0.717, 1.165) is 5.56 Å². The largest absolute Gasteiger partial charge is 0.491 e. The topological polar surface area (TPSA) is 90.2 Å². The minimum atomic E-state index is -0.249. The second kappa shape index (κ2) is 7.41. The van der Waals surface area contributed by atoms with Crippen LogP contribution in [0.15, 0.2) is 29.1 Å². The highest BCUT2D eigenvalue weighted by Gasteiger charge is 2.10. The number of aromatic nitrogens is 2. The molecule has 2 rings (SSSR count). The van der Waals surface area contributed by atoms with Gasteiger partial charge in [-0.3, -0.25) is 9.78 Å². The molecule has 21 heavy (non-hydrogen) atoms. The van der Waals surface area contributed by atoms with Gasteiger partial charge in [-0.2, -0.15) is 0 Å². The first-order chi connectivity index (χ1) is 10.1. The van der Waals surface area contributed by atoms with Crippen molar-refractivity contribution in [3.8, 4) is 17.0 Å². The molecule has 0 radical (unpaired) electrons. The van der Waals surface area contributed by atoms with Gasteiger partial charge in [-0.05, 0) is 41.6 Å². The van der Waals surface area contributed by atoms with Gasteiger partial charge in [0.2, 0.25) is 5.95 Å². The Bertz CT molecular complexity index is 673. The molecule has 1 aromatic carbocycles. The van der Waals surface area contributed by atoms with Crippen molar-refractivity contribution in [2.45, 2.75) is 6.92 Å². The molecular formula is C14H16IN3O3. The number of hydrogen-bond acceptors (Lipinski definition) is 5. The average molecular weight is 401 g/mol. The van der Waals surface area contributed by atoms with E-state index in [-0.39, 0.29) is 11.5 Å². The summed E-state index contributed by atoms with van der Waals surface area (Å²) >= 11 is 1.95. The number of nitrogens with one attached hydrogen (secondary N) is 1. The number of nitrogens with two attached hydrogens (primary N) is 1. The average Bonchev–Trinajstić information content (AvgIpc) is 2.48. The normalized spacial score (nSPS) is 10.6. The Hall–Kier alpha value is -1.61. The zero-order chi connectivity index (χ0) is 15.2. The zero-order valence-corrected chi connectivity index (χ0v) is 13.7. The van der Waals surface area contributed by atoms with Crippen LogP contribution < -0.4 is 16.0 Å². The SMILES string of the molecule is CCOCCOc1cccc(-c2nc(N)[nH]c(=O)c2I)c1. The lowest BCUT2D eigenvalue weighted by molar-refractivity contribution is 0.110. The molecule has 6 nitrogen and oxygen atoms in total. The van der Waals surface area contributed by atoms with Gasteiger partial charge in [0, 0.05) is 12.2 Å². The Labute approximate surface area is 135 Å². The summed E-state index contributed by atoms with van der Waals surface area (Å²) in [5.74, 6) is 0.793. The van der Waals surface area contributed by atoms with Crippen LogP contribution in [-0.4, -0.2) is 29.8 Å². The molecule has 0 atom stereocenters. The minimum absolute atomic E-state index is 0.0954. The summed E-state index contributed by atoms with van der Waals surface area (Å²) < 4.78 is 11.3. The molecule has 0 unspecified atom stereocenters. The molecular weight excluding hydrogens is 385 g/mol. The molecule has 2 aromatic rings. The third kappa shape index (κ3) is 4.18. The second-order valence-electron chi connectivity index (χ2n) is 4.19. The molecule has 0 fully saturated rings. The van der Waals surface area contributed by atoms with Crippen LogP contribution in [-0.2, 0) is 4.74 Å². The fourth-order valence-corrected chi connectivity index (χ4v) is 2.33. The second-order valence-corrected chi connectivity index (χ2v) is 5.27. The van der Waals surface area contributed by atoms with Crippen molar-refractivity contribution >= 4 is 28.5 Å². The van der Waals surface area contributed by atoms with Gasteiger partial charge in [-0.15, -0.1) is 0 Å². The number of anilines is 1. The van der Waals surface area contributed by atoms with Gasteiger partial charge in [-0.1, -0.05) is 12.1 Å². The number of hydrogen-bond donors (Lipinski definition) is 2. The molecule has 7 heteroatoms. The monoisotopic (exact) mass is 401 g/mol. The summed E-state index contributed by atoms with van der Waals surface area (Å²) in [7, 11) is 0. The van der Waals surface area contributed by atoms with E-state index in [1.165, 1.54) is 0 Å². The van der Waals surface area contributed by atoms with Gasteiger partial charge in [-0.25, -0.2) is 4.98 Å². The quantitative estimate of drug-likeness (QED) is 0.571. The van der Waals surface area contributed by atoms with Gasteiger partial charge in [0.25, 0.3) is 5.56 Å². The van der Waals surface area contributed by atoms with Gasteiger partial charge >= 0.3 is 0 Å². The van der Waals surface area contributed by atoms with E-state index in [0.29, 0.717) is 34.8 Å². The molecule has 0 amide bonds. The molecule has 0 saturated heterocycles. The van der Waals surface area contributed by atoms with E-state index >= 15 is 0 Å². The highest BCUT2D eigenvalue weighted by atomic mass is 127. The highest BCUT2D eigenvalue weighted by Crippen LogP contribution is 2.25. The lowest BCUT2D eigenvalue weighted by Gasteiger charge is -2.09. The van der Waals surface area contributed by atoms with Crippen LogP contribution in [0.3, 0.4) is 0 Å². The maximum Gasteiger partial charge on any atom is 0.266 e. The summed E-state index contributed by atoms with van der Waals surface area (Å²) in [6.45, 7) is 3.61. The number of H-pyrrole nitrogens is 1. The first-order valence-corrected chi connectivity index (χ1v) is 7.56. The molecule has 3 N–H and O–H groups in total. The number of halogens is 1. The Morgan fingerprint density at radius 1 is 1.38 bits per heavy atom. The number of nitrogen functional groups attached to an aromatic ring is 1. The molecule has 0 saturated carbocycles. The van der Waals surface area contributed by atoms with Crippen molar-refractivity contribution in [2.75, 3.05) is 25.6 Å². The summed E-state index contributed by atoms with van der Waals surface area (Å²) in [6, 6.07) is 7.38. The summed E-state index contributed by atoms with van der Waals surface area (Å²) in [5.41, 5.74) is 6.68. The Kier molecular flexibility index (Phi) is 5.57. The predicted octanol–water partition coefficient (Wildman–Crippen LogP) is 2.04. The van der Waals surface area contributed by atoms with Gasteiger partial charge < -0.3 is 15.2 Å². The van der Waals surface area contributed by atoms with Crippen LogP contribution >= 0.6 is 22.6 Å². The molecule has 0 spiro atoms. The number of ether oxygens (including phenoxy) is 2. The maximum absolute atomic E-state index is 11.7. The van der Waals surface area contributed by atoms with Crippen LogP contribution in [0, 0.1) is 3.57 Å². The van der Waals surface area contributed by atoms with Crippen molar-refractivity contribution in [1.29, 1.82) is 0 Å². The van der Waals surface area contributed by atoms with E-state index in [4.69, 9.17) is 15.2 Å². The Balaban J connectivity index is 2.23. The highest BCUT2D eigenvalue weighted by molar-refractivity contribution is 14.1. The fourth-order valence-electron chi connectivity index (χ4n) is 1.76. The Morgan fingerprint density at radius 3 is 2.95 bits per heavy atom. The third-order valence-electron chi connectivity index (χ3n) is 2.69.